The first-order valence-corrected chi connectivity index (χ1v) is 12.2. The predicted octanol–water partition coefficient (Wildman–Crippen LogP) is 2.33. The van der Waals surface area contributed by atoms with Crippen molar-refractivity contribution in [1.29, 1.82) is 0 Å². The highest BCUT2D eigenvalue weighted by Gasteiger charge is 2.70. The first kappa shape index (κ1) is 21.4. The summed E-state index contributed by atoms with van der Waals surface area (Å²) in [5.41, 5.74) is 1.50. The molecule has 9 heteroatoms. The summed E-state index contributed by atoms with van der Waals surface area (Å²) >= 11 is 0. The number of fused-ring (bicyclic) bond motifs is 1. The van der Waals surface area contributed by atoms with Gasteiger partial charge in [-0.1, -0.05) is 60.7 Å². The van der Waals surface area contributed by atoms with E-state index < -0.39 is 38.1 Å². The molecule has 8 nitrogen and oxygen atoms in total. The smallest absolute Gasteiger partial charge is 0.331 e. The van der Waals surface area contributed by atoms with E-state index in [1.807, 2.05) is 60.7 Å². The molecule has 3 heterocycles. The van der Waals surface area contributed by atoms with Gasteiger partial charge in [-0.15, -0.1) is 0 Å². The second-order valence-electron chi connectivity index (χ2n) is 8.59. The number of β-lactam (4-membered cyclic amide) rings is 1. The minimum atomic E-state index is -3.84. The first-order chi connectivity index (χ1) is 15.8. The molecule has 0 bridgehead atoms. The average molecular weight is 466 g/mol. The van der Waals surface area contributed by atoms with Crippen molar-refractivity contribution >= 4 is 21.7 Å². The van der Waals surface area contributed by atoms with Gasteiger partial charge in [0.2, 0.25) is 5.91 Å². The molecule has 0 aliphatic carbocycles. The van der Waals surface area contributed by atoms with Crippen LogP contribution in [0.2, 0.25) is 0 Å². The minimum Gasteiger partial charge on any atom is -0.451 e. The number of amides is 1. The number of rotatable bonds is 6. The number of sulfone groups is 1. The molecule has 2 aliphatic heterocycles. The Hall–Kier alpha value is -3.46. The standard InChI is InChI=1S/C24H23N3O5S/c1-24(15-26-13-12-25-16-26)22(27-19(28)14-20(27)33(24,30)31)23(29)32-21(17-8-4-2-5-9-17)18-10-6-3-7-11-18/h2-13,16,20-22H,14-15H2,1H3/t20?,22?,24-/m0/s1. The normalized spacial score (nSPS) is 25.5. The molecule has 0 spiro atoms. The van der Waals surface area contributed by atoms with Crippen LogP contribution in [0.1, 0.15) is 30.6 Å². The zero-order chi connectivity index (χ0) is 23.2. The van der Waals surface area contributed by atoms with Crippen LogP contribution in [-0.4, -0.2) is 50.9 Å². The van der Waals surface area contributed by atoms with E-state index in [-0.39, 0.29) is 18.9 Å². The van der Waals surface area contributed by atoms with Gasteiger partial charge in [0.15, 0.2) is 22.0 Å². The lowest BCUT2D eigenvalue weighted by molar-refractivity contribution is -0.164. The second-order valence-corrected chi connectivity index (χ2v) is 11.2. The molecule has 2 fully saturated rings. The predicted molar refractivity (Wildman–Crippen MR) is 119 cm³/mol. The highest BCUT2D eigenvalue weighted by Crippen LogP contribution is 2.47. The number of benzene rings is 2. The van der Waals surface area contributed by atoms with Gasteiger partial charge in [0.05, 0.1) is 12.7 Å². The van der Waals surface area contributed by atoms with Gasteiger partial charge in [0, 0.05) is 18.9 Å². The Bertz CT molecular complexity index is 1240. The van der Waals surface area contributed by atoms with Crippen LogP contribution in [0.4, 0.5) is 0 Å². The van der Waals surface area contributed by atoms with E-state index in [2.05, 4.69) is 4.98 Å². The Morgan fingerprint density at radius 3 is 2.24 bits per heavy atom. The number of carbonyl (C=O) groups excluding carboxylic acids is 2. The number of nitrogens with zero attached hydrogens (tertiary/aromatic N) is 3. The van der Waals surface area contributed by atoms with Crippen molar-refractivity contribution in [1.82, 2.24) is 14.5 Å². The van der Waals surface area contributed by atoms with Crippen LogP contribution in [0, 0.1) is 0 Å². The molecule has 2 saturated heterocycles. The number of hydrogen-bond donors (Lipinski definition) is 0. The van der Waals surface area contributed by atoms with Gasteiger partial charge in [-0.3, -0.25) is 4.79 Å². The van der Waals surface area contributed by atoms with Crippen molar-refractivity contribution in [3.8, 4) is 0 Å². The maximum Gasteiger partial charge on any atom is 0.331 e. The summed E-state index contributed by atoms with van der Waals surface area (Å²) in [5, 5.41) is -1.01. The van der Waals surface area contributed by atoms with Gasteiger partial charge in [-0.25, -0.2) is 18.2 Å². The molecule has 1 aromatic heterocycles. The van der Waals surface area contributed by atoms with Crippen LogP contribution in [0.25, 0.3) is 0 Å². The van der Waals surface area contributed by atoms with Gasteiger partial charge < -0.3 is 14.2 Å². The fraction of sp³-hybridized carbons (Fsp3) is 0.292. The van der Waals surface area contributed by atoms with Crippen LogP contribution in [0.5, 0.6) is 0 Å². The SMILES string of the molecule is C[C@]1(Cn2ccnc2)C(C(=O)OC(c2ccccc2)c2ccccc2)N2C(=O)CC2S1(=O)=O. The van der Waals surface area contributed by atoms with Crippen LogP contribution in [-0.2, 0) is 30.7 Å². The molecule has 170 valence electrons. The largest absolute Gasteiger partial charge is 0.451 e. The Kier molecular flexibility index (Phi) is 5.08. The third-order valence-corrected chi connectivity index (χ3v) is 9.29. The number of aromatic nitrogens is 2. The van der Waals surface area contributed by atoms with Crippen molar-refractivity contribution < 1.29 is 22.7 Å². The van der Waals surface area contributed by atoms with Crippen LogP contribution < -0.4 is 0 Å². The third-order valence-electron chi connectivity index (χ3n) is 6.53. The Balaban J connectivity index is 1.54. The van der Waals surface area contributed by atoms with Crippen molar-refractivity contribution in [2.45, 2.75) is 42.2 Å². The average Bonchev–Trinajstić information content (AvgIpc) is 3.36. The van der Waals surface area contributed by atoms with E-state index in [0.29, 0.717) is 0 Å². The Labute approximate surface area is 191 Å². The van der Waals surface area contributed by atoms with Gasteiger partial charge in [0.1, 0.15) is 10.1 Å². The quantitative estimate of drug-likeness (QED) is 0.409. The summed E-state index contributed by atoms with van der Waals surface area (Å²) in [7, 11) is -3.84. The molecule has 2 aromatic carbocycles. The topological polar surface area (TPSA) is 98.6 Å². The van der Waals surface area contributed by atoms with Crippen LogP contribution >= 0.6 is 0 Å². The first-order valence-electron chi connectivity index (χ1n) is 10.6. The monoisotopic (exact) mass is 465 g/mol. The molecule has 0 N–H and O–H groups in total. The summed E-state index contributed by atoms with van der Waals surface area (Å²) in [6.45, 7) is 1.50. The number of esters is 1. The number of hydrogen-bond acceptors (Lipinski definition) is 6. The summed E-state index contributed by atoms with van der Waals surface area (Å²) in [5.74, 6) is -1.11. The number of imidazole rings is 1. The van der Waals surface area contributed by atoms with Gasteiger partial charge in [-0.2, -0.15) is 0 Å². The van der Waals surface area contributed by atoms with E-state index >= 15 is 0 Å². The molecule has 1 amide bonds. The molecule has 33 heavy (non-hydrogen) atoms. The van der Waals surface area contributed by atoms with Crippen molar-refractivity contribution in [2.75, 3.05) is 0 Å². The lowest BCUT2D eigenvalue weighted by Gasteiger charge is -2.37. The lowest BCUT2D eigenvalue weighted by Crippen LogP contribution is -2.58. The van der Waals surface area contributed by atoms with E-state index in [9.17, 15) is 18.0 Å². The second kappa shape index (κ2) is 7.84. The zero-order valence-corrected chi connectivity index (χ0v) is 18.8. The van der Waals surface area contributed by atoms with E-state index in [1.54, 1.807) is 17.0 Å². The molecule has 2 unspecified atom stereocenters. The summed E-state index contributed by atoms with van der Waals surface area (Å²) < 4.78 is 33.0. The summed E-state index contributed by atoms with van der Waals surface area (Å²) in [4.78, 5) is 31.3. The number of ether oxygens (including phenoxy) is 1. The van der Waals surface area contributed by atoms with Gasteiger partial charge in [0.25, 0.3) is 0 Å². The third kappa shape index (κ3) is 3.34. The molecule has 2 aliphatic rings. The lowest BCUT2D eigenvalue weighted by atomic mass is 9.95. The molecule has 5 rings (SSSR count). The maximum atomic E-state index is 13.7. The van der Waals surface area contributed by atoms with E-state index in [0.717, 1.165) is 11.1 Å². The molecular formula is C24H23N3O5S. The van der Waals surface area contributed by atoms with Gasteiger partial charge >= 0.3 is 5.97 Å². The Morgan fingerprint density at radius 2 is 1.73 bits per heavy atom. The molecule has 3 aromatic rings. The van der Waals surface area contributed by atoms with Crippen LogP contribution in [0.3, 0.4) is 0 Å². The van der Waals surface area contributed by atoms with Gasteiger partial charge in [-0.05, 0) is 18.1 Å². The maximum absolute atomic E-state index is 13.7. The highest BCUT2D eigenvalue weighted by molar-refractivity contribution is 7.93. The highest BCUT2D eigenvalue weighted by atomic mass is 32.2. The van der Waals surface area contributed by atoms with Crippen molar-refractivity contribution in [3.63, 3.8) is 0 Å². The van der Waals surface area contributed by atoms with Crippen LogP contribution in [0.15, 0.2) is 79.4 Å². The molecule has 3 atom stereocenters. The minimum absolute atomic E-state index is 0.0171. The molecular weight excluding hydrogens is 442 g/mol. The molecule has 0 radical (unpaired) electrons. The summed E-state index contributed by atoms with van der Waals surface area (Å²) in [6, 6.07) is 17.2. The molecule has 0 saturated carbocycles. The van der Waals surface area contributed by atoms with Crippen molar-refractivity contribution in [3.05, 3.63) is 90.5 Å². The fourth-order valence-corrected chi connectivity index (χ4v) is 7.15. The van der Waals surface area contributed by atoms with E-state index in [4.69, 9.17) is 4.74 Å². The van der Waals surface area contributed by atoms with E-state index in [1.165, 1.54) is 18.2 Å². The zero-order valence-electron chi connectivity index (χ0n) is 17.9. The summed E-state index contributed by atoms with van der Waals surface area (Å²) in [6.07, 6.45) is 3.82. The van der Waals surface area contributed by atoms with Crippen molar-refractivity contribution in [2.24, 2.45) is 0 Å². The Morgan fingerprint density at radius 1 is 1.12 bits per heavy atom. The number of carbonyl (C=O) groups is 2. The fourth-order valence-electron chi connectivity index (χ4n) is 4.78.